The molecular formula is C24H28O2. The smallest absolute Gasteiger partial charge is 0.169 e. The topological polar surface area (TPSA) is 34.1 Å². The third-order valence-corrected chi connectivity index (χ3v) is 4.19. The SMILES string of the molecule is CC(C)(C)C(=O)/C(=C(\C(=O)C(C)(C)C)c1ccccc1)c1ccccc1. The Bertz CT molecular complexity index is 743. The fraction of sp³-hybridized carbons (Fsp3) is 0.333. The van der Waals surface area contributed by atoms with E-state index in [0.717, 1.165) is 11.1 Å². The molecule has 26 heavy (non-hydrogen) atoms. The highest BCUT2D eigenvalue weighted by Crippen LogP contribution is 2.37. The van der Waals surface area contributed by atoms with Gasteiger partial charge in [0.15, 0.2) is 11.6 Å². The maximum absolute atomic E-state index is 13.4. The average molecular weight is 348 g/mol. The molecule has 0 aromatic heterocycles. The lowest BCUT2D eigenvalue weighted by Gasteiger charge is -2.26. The van der Waals surface area contributed by atoms with Crippen LogP contribution < -0.4 is 0 Å². The lowest BCUT2D eigenvalue weighted by atomic mass is 9.75. The van der Waals surface area contributed by atoms with Crippen LogP contribution in [-0.4, -0.2) is 11.6 Å². The van der Waals surface area contributed by atoms with Crippen LogP contribution in [0.1, 0.15) is 52.7 Å². The quantitative estimate of drug-likeness (QED) is 0.515. The van der Waals surface area contributed by atoms with Crippen LogP contribution in [-0.2, 0) is 9.59 Å². The first-order valence-electron chi connectivity index (χ1n) is 8.98. The predicted molar refractivity (Wildman–Crippen MR) is 109 cm³/mol. The molecule has 0 fully saturated rings. The number of allylic oxidation sites excluding steroid dienone is 2. The molecule has 0 aliphatic heterocycles. The minimum Gasteiger partial charge on any atom is -0.294 e. The van der Waals surface area contributed by atoms with Gasteiger partial charge >= 0.3 is 0 Å². The number of benzene rings is 2. The summed E-state index contributed by atoms with van der Waals surface area (Å²) in [7, 11) is 0. The van der Waals surface area contributed by atoms with E-state index in [2.05, 4.69) is 0 Å². The number of Topliss-reactive ketones (excluding diaryl/α,β-unsaturated/α-hetero) is 2. The summed E-state index contributed by atoms with van der Waals surface area (Å²) in [4.78, 5) is 26.8. The van der Waals surface area contributed by atoms with Crippen LogP contribution in [0.5, 0.6) is 0 Å². The van der Waals surface area contributed by atoms with E-state index in [1.54, 1.807) is 0 Å². The molecular weight excluding hydrogens is 320 g/mol. The molecule has 2 aromatic rings. The summed E-state index contributed by atoms with van der Waals surface area (Å²) in [5, 5.41) is 0. The summed E-state index contributed by atoms with van der Waals surface area (Å²) < 4.78 is 0. The van der Waals surface area contributed by atoms with E-state index >= 15 is 0 Å². The Morgan fingerprint density at radius 1 is 0.538 bits per heavy atom. The summed E-state index contributed by atoms with van der Waals surface area (Å²) in [6, 6.07) is 19.0. The number of hydrogen-bond donors (Lipinski definition) is 0. The Morgan fingerprint density at radius 2 is 0.808 bits per heavy atom. The van der Waals surface area contributed by atoms with Crippen LogP contribution in [0.25, 0.3) is 11.1 Å². The molecule has 0 atom stereocenters. The van der Waals surface area contributed by atoms with Crippen LogP contribution in [0.15, 0.2) is 60.7 Å². The van der Waals surface area contributed by atoms with E-state index in [4.69, 9.17) is 0 Å². The molecule has 136 valence electrons. The Kier molecular flexibility index (Phi) is 5.65. The Hall–Kier alpha value is -2.48. The Labute approximate surface area is 157 Å². The van der Waals surface area contributed by atoms with E-state index in [1.807, 2.05) is 102 Å². The maximum Gasteiger partial charge on any atom is 0.169 e. The third kappa shape index (κ3) is 4.37. The molecule has 2 rings (SSSR count). The van der Waals surface area contributed by atoms with E-state index in [-0.39, 0.29) is 11.6 Å². The van der Waals surface area contributed by atoms with Crippen LogP contribution in [0.3, 0.4) is 0 Å². The number of carbonyl (C=O) groups is 2. The zero-order valence-electron chi connectivity index (χ0n) is 16.6. The fourth-order valence-electron chi connectivity index (χ4n) is 2.74. The van der Waals surface area contributed by atoms with Crippen LogP contribution in [0.2, 0.25) is 0 Å². The Morgan fingerprint density at radius 3 is 1.04 bits per heavy atom. The van der Waals surface area contributed by atoms with Gasteiger partial charge in [-0.05, 0) is 11.1 Å². The van der Waals surface area contributed by atoms with Crippen molar-refractivity contribution in [2.24, 2.45) is 10.8 Å². The monoisotopic (exact) mass is 348 g/mol. The van der Waals surface area contributed by atoms with Gasteiger partial charge in [0.05, 0.1) is 0 Å². The van der Waals surface area contributed by atoms with Gasteiger partial charge in [-0.2, -0.15) is 0 Å². The lowest BCUT2D eigenvalue weighted by molar-refractivity contribution is -0.122. The molecule has 0 unspecified atom stereocenters. The van der Waals surface area contributed by atoms with Crippen molar-refractivity contribution >= 4 is 22.7 Å². The second kappa shape index (κ2) is 7.41. The van der Waals surface area contributed by atoms with Crippen LogP contribution >= 0.6 is 0 Å². The van der Waals surface area contributed by atoms with Crippen molar-refractivity contribution in [3.63, 3.8) is 0 Å². The van der Waals surface area contributed by atoms with Crippen molar-refractivity contribution in [3.8, 4) is 0 Å². The zero-order valence-corrected chi connectivity index (χ0v) is 16.6. The van der Waals surface area contributed by atoms with E-state index in [1.165, 1.54) is 0 Å². The molecule has 0 N–H and O–H groups in total. The minimum absolute atomic E-state index is 0.0276. The van der Waals surface area contributed by atoms with Crippen molar-refractivity contribution in [2.75, 3.05) is 0 Å². The summed E-state index contributed by atoms with van der Waals surface area (Å²) in [5.74, 6) is -0.0553. The molecule has 2 nitrogen and oxygen atoms in total. The van der Waals surface area contributed by atoms with E-state index in [0.29, 0.717) is 11.1 Å². The highest BCUT2D eigenvalue weighted by atomic mass is 16.1. The standard InChI is InChI=1S/C24H28O2/c1-23(2,3)21(25)19(17-13-9-7-10-14-17)20(22(26)24(4,5)6)18-15-11-8-12-16-18/h7-16H,1-6H3/b20-19-. The second-order valence-corrected chi connectivity index (χ2v) is 8.64. The molecule has 0 aliphatic carbocycles. The summed E-state index contributed by atoms with van der Waals surface area (Å²) >= 11 is 0. The molecule has 0 bridgehead atoms. The van der Waals surface area contributed by atoms with Gasteiger partial charge in [0.25, 0.3) is 0 Å². The predicted octanol–water partition coefficient (Wildman–Crippen LogP) is 5.83. The van der Waals surface area contributed by atoms with Gasteiger partial charge in [0.1, 0.15) is 0 Å². The number of carbonyl (C=O) groups excluding carboxylic acids is 2. The Balaban J connectivity index is 2.91. The average Bonchev–Trinajstić information content (AvgIpc) is 2.58. The van der Waals surface area contributed by atoms with E-state index in [9.17, 15) is 9.59 Å². The maximum atomic E-state index is 13.4. The van der Waals surface area contributed by atoms with Crippen molar-refractivity contribution < 1.29 is 9.59 Å². The largest absolute Gasteiger partial charge is 0.294 e. The van der Waals surface area contributed by atoms with Crippen molar-refractivity contribution in [2.45, 2.75) is 41.5 Å². The van der Waals surface area contributed by atoms with Crippen molar-refractivity contribution in [3.05, 3.63) is 71.8 Å². The molecule has 0 saturated heterocycles. The highest BCUT2D eigenvalue weighted by Gasteiger charge is 2.34. The normalized spacial score (nSPS) is 13.2. The third-order valence-electron chi connectivity index (χ3n) is 4.19. The van der Waals surface area contributed by atoms with Gasteiger partial charge in [0.2, 0.25) is 0 Å². The van der Waals surface area contributed by atoms with Crippen LogP contribution in [0.4, 0.5) is 0 Å². The molecule has 0 aliphatic rings. The van der Waals surface area contributed by atoms with Gasteiger partial charge in [0, 0.05) is 22.0 Å². The fourth-order valence-corrected chi connectivity index (χ4v) is 2.74. The van der Waals surface area contributed by atoms with Crippen molar-refractivity contribution in [1.29, 1.82) is 0 Å². The second-order valence-electron chi connectivity index (χ2n) is 8.64. The summed E-state index contributed by atoms with van der Waals surface area (Å²) in [5.41, 5.74) is 1.38. The molecule has 0 heterocycles. The summed E-state index contributed by atoms with van der Waals surface area (Å²) in [6.07, 6.45) is 0. The van der Waals surface area contributed by atoms with Gasteiger partial charge in [-0.3, -0.25) is 9.59 Å². The number of hydrogen-bond acceptors (Lipinski definition) is 2. The molecule has 0 amide bonds. The first-order valence-corrected chi connectivity index (χ1v) is 8.98. The van der Waals surface area contributed by atoms with Gasteiger partial charge < -0.3 is 0 Å². The molecule has 2 aromatic carbocycles. The zero-order chi connectivity index (χ0) is 19.5. The first kappa shape index (κ1) is 19.8. The van der Waals surface area contributed by atoms with Crippen molar-refractivity contribution in [1.82, 2.24) is 0 Å². The first-order chi connectivity index (χ1) is 12.0. The molecule has 0 spiro atoms. The van der Waals surface area contributed by atoms with Gasteiger partial charge in [-0.1, -0.05) is 102 Å². The van der Waals surface area contributed by atoms with Gasteiger partial charge in [-0.25, -0.2) is 0 Å². The minimum atomic E-state index is -0.594. The molecule has 2 heteroatoms. The van der Waals surface area contributed by atoms with Crippen LogP contribution in [0, 0.1) is 10.8 Å². The van der Waals surface area contributed by atoms with E-state index < -0.39 is 10.8 Å². The summed E-state index contributed by atoms with van der Waals surface area (Å²) in [6.45, 7) is 11.3. The number of ketones is 2. The number of rotatable bonds is 4. The molecule has 0 saturated carbocycles. The molecule has 0 radical (unpaired) electrons. The lowest BCUT2D eigenvalue weighted by Crippen LogP contribution is -2.27. The van der Waals surface area contributed by atoms with Gasteiger partial charge in [-0.15, -0.1) is 0 Å². The highest BCUT2D eigenvalue weighted by molar-refractivity contribution is 6.42.